The van der Waals surface area contributed by atoms with E-state index < -0.39 is 4.92 Å². The Kier molecular flexibility index (Phi) is 5.78. The van der Waals surface area contributed by atoms with Crippen LogP contribution in [0.4, 0.5) is 11.4 Å². The predicted molar refractivity (Wildman–Crippen MR) is 105 cm³/mol. The number of nitro benzene ring substituents is 1. The van der Waals surface area contributed by atoms with Crippen LogP contribution in [0.25, 0.3) is 0 Å². The molecule has 1 saturated carbocycles. The topological polar surface area (TPSA) is 114 Å². The van der Waals surface area contributed by atoms with Crippen LogP contribution in [0.5, 0.6) is 0 Å². The van der Waals surface area contributed by atoms with Gasteiger partial charge in [-0.05, 0) is 37.0 Å². The highest BCUT2D eigenvalue weighted by Gasteiger charge is 2.43. The fraction of sp³-hybridized carbons (Fsp3) is 0.250. The van der Waals surface area contributed by atoms with Gasteiger partial charge in [0.25, 0.3) is 5.69 Å². The minimum Gasteiger partial charge on any atom is -0.326 e. The average Bonchev–Trinajstić information content (AvgIpc) is 3.48. The van der Waals surface area contributed by atoms with E-state index in [2.05, 4.69) is 15.8 Å². The molecule has 0 radical (unpaired) electrons. The Bertz CT molecular complexity index is 910. The molecular formula is C20H20N4O4. The lowest BCUT2D eigenvalue weighted by Gasteiger charge is -2.05. The number of non-ortho nitro benzene ring substituents is 1. The second-order valence-electron chi connectivity index (χ2n) is 6.71. The fourth-order valence-electron chi connectivity index (χ4n) is 2.93. The van der Waals surface area contributed by atoms with Gasteiger partial charge in [0.1, 0.15) is 0 Å². The summed E-state index contributed by atoms with van der Waals surface area (Å²) in [6.45, 7) is 1.65. The molecule has 2 aromatic carbocycles. The highest BCUT2D eigenvalue weighted by molar-refractivity contribution is 6.05. The summed E-state index contributed by atoms with van der Waals surface area (Å²) in [5.74, 6) is -0.336. The van der Waals surface area contributed by atoms with Crippen LogP contribution in [0.1, 0.15) is 31.2 Å². The van der Waals surface area contributed by atoms with E-state index in [9.17, 15) is 19.7 Å². The van der Waals surface area contributed by atoms with E-state index in [4.69, 9.17) is 0 Å². The number of hydrogen-bond donors (Lipinski definition) is 2. The molecule has 2 atom stereocenters. The van der Waals surface area contributed by atoms with Crippen molar-refractivity contribution < 1.29 is 14.5 Å². The number of carbonyl (C=O) groups excluding carboxylic acids is 2. The van der Waals surface area contributed by atoms with Crippen molar-refractivity contribution in [2.75, 3.05) is 5.32 Å². The maximum Gasteiger partial charge on any atom is 0.269 e. The second-order valence-corrected chi connectivity index (χ2v) is 6.71. The van der Waals surface area contributed by atoms with Gasteiger partial charge < -0.3 is 5.32 Å². The van der Waals surface area contributed by atoms with Gasteiger partial charge in [-0.25, -0.2) is 5.43 Å². The third kappa shape index (κ3) is 5.00. The molecule has 1 aliphatic rings. The molecule has 0 bridgehead atoms. The van der Waals surface area contributed by atoms with Crippen LogP contribution in [0.15, 0.2) is 59.7 Å². The van der Waals surface area contributed by atoms with Gasteiger partial charge in [0, 0.05) is 29.4 Å². The van der Waals surface area contributed by atoms with Gasteiger partial charge in [-0.2, -0.15) is 5.10 Å². The lowest BCUT2D eigenvalue weighted by Crippen LogP contribution is -2.23. The first-order chi connectivity index (χ1) is 13.4. The van der Waals surface area contributed by atoms with Crippen LogP contribution in [-0.4, -0.2) is 22.4 Å². The summed E-state index contributed by atoms with van der Waals surface area (Å²) in [5.41, 5.74) is 4.54. The van der Waals surface area contributed by atoms with Crippen LogP contribution >= 0.6 is 0 Å². The summed E-state index contributed by atoms with van der Waals surface area (Å²) in [6, 6.07) is 15.4. The molecule has 2 N–H and O–H groups in total. The molecule has 0 heterocycles. The first-order valence-corrected chi connectivity index (χ1v) is 8.86. The summed E-state index contributed by atoms with van der Waals surface area (Å²) >= 11 is 0. The fourth-order valence-corrected chi connectivity index (χ4v) is 2.93. The number of nitrogens with one attached hydrogen (secondary N) is 2. The molecule has 144 valence electrons. The number of nitro groups is 1. The summed E-state index contributed by atoms with van der Waals surface area (Å²) in [5, 5.41) is 17.3. The van der Waals surface area contributed by atoms with E-state index in [-0.39, 0.29) is 35.8 Å². The van der Waals surface area contributed by atoms with Gasteiger partial charge in [-0.3, -0.25) is 19.7 Å². The Labute approximate surface area is 161 Å². The van der Waals surface area contributed by atoms with Gasteiger partial charge in [0.05, 0.1) is 11.3 Å². The molecule has 0 spiro atoms. The maximum atomic E-state index is 12.2. The van der Waals surface area contributed by atoms with Gasteiger partial charge in [0.15, 0.2) is 0 Å². The third-order valence-electron chi connectivity index (χ3n) is 4.49. The Morgan fingerprint density at radius 2 is 1.82 bits per heavy atom. The summed E-state index contributed by atoms with van der Waals surface area (Å²) in [7, 11) is 0. The number of carbonyl (C=O) groups is 2. The molecule has 8 heteroatoms. The number of benzene rings is 2. The van der Waals surface area contributed by atoms with E-state index in [1.54, 1.807) is 6.92 Å². The maximum absolute atomic E-state index is 12.2. The van der Waals surface area contributed by atoms with E-state index >= 15 is 0 Å². The van der Waals surface area contributed by atoms with Crippen LogP contribution in [-0.2, 0) is 9.59 Å². The molecule has 0 aromatic heterocycles. The van der Waals surface area contributed by atoms with E-state index in [1.165, 1.54) is 24.3 Å². The predicted octanol–water partition coefficient (Wildman–Crippen LogP) is 3.22. The van der Waals surface area contributed by atoms with Crippen molar-refractivity contribution in [3.8, 4) is 0 Å². The van der Waals surface area contributed by atoms with Crippen molar-refractivity contribution in [1.29, 1.82) is 0 Å². The number of amides is 2. The van der Waals surface area contributed by atoms with Crippen molar-refractivity contribution in [1.82, 2.24) is 5.43 Å². The standard InChI is InChI=1S/C20H20N4O4/c1-13(11-19(25)21-15-7-9-16(10-8-15)24(27)28)22-23-20(26)18-12-17(18)14-5-3-2-4-6-14/h2-10,17-18H,11-12H2,1H3,(H,21,25)(H,23,26)/b22-13+/t17-,18+/m0/s1. The molecule has 1 fully saturated rings. The first kappa shape index (κ1) is 19.2. The Morgan fingerprint density at radius 3 is 2.46 bits per heavy atom. The minimum atomic E-state index is -0.507. The molecule has 2 aromatic rings. The average molecular weight is 380 g/mol. The second kappa shape index (κ2) is 8.43. The summed E-state index contributed by atoms with van der Waals surface area (Å²) in [4.78, 5) is 34.3. The largest absolute Gasteiger partial charge is 0.326 e. The van der Waals surface area contributed by atoms with E-state index in [0.29, 0.717) is 11.4 Å². The highest BCUT2D eigenvalue weighted by Crippen LogP contribution is 2.47. The smallest absolute Gasteiger partial charge is 0.269 e. The molecule has 1 aliphatic carbocycles. The molecule has 2 amide bonds. The number of hydrazone groups is 1. The Morgan fingerprint density at radius 1 is 1.14 bits per heavy atom. The quantitative estimate of drug-likeness (QED) is 0.436. The van der Waals surface area contributed by atoms with E-state index in [1.807, 2.05) is 30.3 Å². The van der Waals surface area contributed by atoms with Gasteiger partial charge in [-0.15, -0.1) is 0 Å². The van der Waals surface area contributed by atoms with Gasteiger partial charge >= 0.3 is 0 Å². The first-order valence-electron chi connectivity index (χ1n) is 8.86. The summed E-state index contributed by atoms with van der Waals surface area (Å²) < 4.78 is 0. The van der Waals surface area contributed by atoms with Crippen LogP contribution in [0.3, 0.4) is 0 Å². The Balaban J connectivity index is 1.45. The zero-order valence-electron chi connectivity index (χ0n) is 15.3. The molecule has 0 saturated heterocycles. The number of rotatable bonds is 7. The van der Waals surface area contributed by atoms with Crippen molar-refractivity contribution in [3.05, 3.63) is 70.3 Å². The van der Waals surface area contributed by atoms with Crippen LogP contribution < -0.4 is 10.7 Å². The number of nitrogens with zero attached hydrogens (tertiary/aromatic N) is 2. The van der Waals surface area contributed by atoms with Gasteiger partial charge in [-0.1, -0.05) is 30.3 Å². The monoisotopic (exact) mass is 380 g/mol. The van der Waals surface area contributed by atoms with Crippen LogP contribution in [0, 0.1) is 16.0 Å². The normalized spacial score (nSPS) is 18.2. The summed E-state index contributed by atoms with van der Waals surface area (Å²) in [6.07, 6.45) is 0.801. The number of hydrogen-bond acceptors (Lipinski definition) is 5. The molecule has 8 nitrogen and oxygen atoms in total. The number of anilines is 1. The zero-order valence-corrected chi connectivity index (χ0v) is 15.3. The van der Waals surface area contributed by atoms with E-state index in [0.717, 1.165) is 12.0 Å². The molecule has 3 rings (SSSR count). The Hall–Kier alpha value is -3.55. The van der Waals surface area contributed by atoms with Crippen molar-refractivity contribution >= 4 is 28.9 Å². The zero-order chi connectivity index (χ0) is 20.1. The molecule has 0 unspecified atom stereocenters. The molecule has 0 aliphatic heterocycles. The molecular weight excluding hydrogens is 360 g/mol. The van der Waals surface area contributed by atoms with Crippen molar-refractivity contribution in [2.45, 2.75) is 25.7 Å². The SMILES string of the molecule is C/C(CC(=O)Nc1ccc([N+](=O)[O-])cc1)=N\NC(=O)[C@@H]1C[C@H]1c1ccccc1. The highest BCUT2D eigenvalue weighted by atomic mass is 16.6. The lowest BCUT2D eigenvalue weighted by molar-refractivity contribution is -0.384. The minimum absolute atomic E-state index is 0.00402. The van der Waals surface area contributed by atoms with Crippen molar-refractivity contribution in [2.24, 2.45) is 11.0 Å². The van der Waals surface area contributed by atoms with Crippen LogP contribution in [0.2, 0.25) is 0 Å². The van der Waals surface area contributed by atoms with Gasteiger partial charge in [0.2, 0.25) is 11.8 Å². The third-order valence-corrected chi connectivity index (χ3v) is 4.49. The van der Waals surface area contributed by atoms with Crippen molar-refractivity contribution in [3.63, 3.8) is 0 Å². The lowest BCUT2D eigenvalue weighted by atomic mass is 10.1. The molecule has 28 heavy (non-hydrogen) atoms.